The second kappa shape index (κ2) is 7.36. The molecular weight excluding hydrogens is 304 g/mol. The van der Waals surface area contributed by atoms with E-state index in [1.54, 1.807) is 13.8 Å². The van der Waals surface area contributed by atoms with Crippen LogP contribution >= 0.6 is 11.6 Å². The highest BCUT2D eigenvalue weighted by atomic mass is 35.5. The van der Waals surface area contributed by atoms with Crippen molar-refractivity contribution < 1.29 is 23.5 Å². The van der Waals surface area contributed by atoms with E-state index in [2.05, 4.69) is 0 Å². The lowest BCUT2D eigenvalue weighted by molar-refractivity contribution is -0.137. The predicted octanol–water partition coefficient (Wildman–Crippen LogP) is 3.33. The van der Waals surface area contributed by atoms with Gasteiger partial charge in [-0.05, 0) is 32.4 Å². The summed E-state index contributed by atoms with van der Waals surface area (Å²) < 4.78 is 27.2. The standard InChI is InChI=1S/C14H16ClF2NO3/c1-8(2)18(5-3-4-13(19)20)14(21)9-6-12(17)10(15)7-11(9)16/h6-8H,3-5H2,1-2H3,(H,19,20). The summed E-state index contributed by atoms with van der Waals surface area (Å²) >= 11 is 5.45. The average Bonchev–Trinajstić information content (AvgIpc) is 2.37. The van der Waals surface area contributed by atoms with Gasteiger partial charge in [-0.3, -0.25) is 9.59 Å². The van der Waals surface area contributed by atoms with Crippen LogP contribution in [0.5, 0.6) is 0 Å². The Morgan fingerprint density at radius 1 is 1.29 bits per heavy atom. The summed E-state index contributed by atoms with van der Waals surface area (Å²) in [5, 5.41) is 8.21. The quantitative estimate of drug-likeness (QED) is 0.818. The van der Waals surface area contributed by atoms with Crippen molar-refractivity contribution in [2.24, 2.45) is 0 Å². The van der Waals surface area contributed by atoms with Crippen LogP contribution in [0.15, 0.2) is 12.1 Å². The van der Waals surface area contributed by atoms with E-state index in [9.17, 15) is 18.4 Å². The van der Waals surface area contributed by atoms with Gasteiger partial charge in [0.15, 0.2) is 0 Å². The van der Waals surface area contributed by atoms with Gasteiger partial charge in [0.05, 0.1) is 10.6 Å². The Morgan fingerprint density at radius 3 is 2.43 bits per heavy atom. The zero-order valence-electron chi connectivity index (χ0n) is 11.7. The summed E-state index contributed by atoms with van der Waals surface area (Å²) in [6.07, 6.45) is 0.130. The SMILES string of the molecule is CC(C)N(CCCC(=O)O)C(=O)c1cc(F)c(Cl)cc1F. The molecule has 0 spiro atoms. The summed E-state index contributed by atoms with van der Waals surface area (Å²) in [6, 6.07) is 1.23. The lowest BCUT2D eigenvalue weighted by atomic mass is 10.1. The lowest BCUT2D eigenvalue weighted by Gasteiger charge is -2.27. The average molecular weight is 320 g/mol. The number of rotatable bonds is 6. The van der Waals surface area contributed by atoms with Crippen molar-refractivity contribution in [2.45, 2.75) is 32.7 Å². The Morgan fingerprint density at radius 2 is 1.90 bits per heavy atom. The zero-order valence-corrected chi connectivity index (χ0v) is 12.5. The molecule has 1 N–H and O–H groups in total. The van der Waals surface area contributed by atoms with Crippen LogP contribution < -0.4 is 0 Å². The van der Waals surface area contributed by atoms with Gasteiger partial charge in [0.2, 0.25) is 0 Å². The van der Waals surface area contributed by atoms with E-state index < -0.39 is 34.1 Å². The molecule has 1 aromatic carbocycles. The fourth-order valence-electron chi connectivity index (χ4n) is 1.84. The topological polar surface area (TPSA) is 57.6 Å². The first-order chi connectivity index (χ1) is 9.73. The number of carbonyl (C=O) groups is 2. The molecule has 0 fully saturated rings. The molecule has 1 aromatic rings. The van der Waals surface area contributed by atoms with Crippen LogP contribution in [0.25, 0.3) is 0 Å². The van der Waals surface area contributed by atoms with Crippen LogP contribution in [-0.4, -0.2) is 34.5 Å². The van der Waals surface area contributed by atoms with Gasteiger partial charge in [0.25, 0.3) is 5.91 Å². The van der Waals surface area contributed by atoms with E-state index in [1.165, 1.54) is 4.90 Å². The maximum absolute atomic E-state index is 13.8. The van der Waals surface area contributed by atoms with E-state index in [0.29, 0.717) is 0 Å². The number of nitrogens with zero attached hydrogens (tertiary/aromatic N) is 1. The fourth-order valence-corrected chi connectivity index (χ4v) is 1.99. The number of benzene rings is 1. The van der Waals surface area contributed by atoms with Gasteiger partial charge >= 0.3 is 5.97 Å². The van der Waals surface area contributed by atoms with Gasteiger partial charge in [0.1, 0.15) is 11.6 Å². The van der Waals surface area contributed by atoms with Crippen molar-refractivity contribution >= 4 is 23.5 Å². The molecule has 0 radical (unpaired) electrons. The number of carbonyl (C=O) groups excluding carboxylic acids is 1. The van der Waals surface area contributed by atoms with Crippen molar-refractivity contribution in [1.29, 1.82) is 0 Å². The Hall–Kier alpha value is -1.69. The second-order valence-corrected chi connectivity index (χ2v) is 5.24. The zero-order chi connectivity index (χ0) is 16.2. The summed E-state index contributed by atoms with van der Waals surface area (Å²) in [5.41, 5.74) is -0.416. The van der Waals surface area contributed by atoms with E-state index >= 15 is 0 Å². The van der Waals surface area contributed by atoms with Crippen molar-refractivity contribution in [1.82, 2.24) is 4.90 Å². The molecule has 4 nitrogen and oxygen atoms in total. The van der Waals surface area contributed by atoms with E-state index in [-0.39, 0.29) is 25.4 Å². The monoisotopic (exact) mass is 319 g/mol. The summed E-state index contributed by atoms with van der Waals surface area (Å²) in [5.74, 6) is -3.45. The third kappa shape index (κ3) is 4.67. The molecule has 0 atom stereocenters. The van der Waals surface area contributed by atoms with Crippen molar-refractivity contribution in [2.75, 3.05) is 6.54 Å². The first-order valence-corrected chi connectivity index (χ1v) is 6.79. The van der Waals surface area contributed by atoms with Crippen LogP contribution in [0.3, 0.4) is 0 Å². The summed E-state index contributed by atoms with van der Waals surface area (Å²) in [7, 11) is 0. The minimum absolute atomic E-state index is 0.103. The normalized spacial score (nSPS) is 10.8. The third-order valence-electron chi connectivity index (χ3n) is 2.91. The van der Waals surface area contributed by atoms with Crippen molar-refractivity contribution in [3.8, 4) is 0 Å². The molecule has 0 aliphatic carbocycles. The molecule has 0 bridgehead atoms. The van der Waals surface area contributed by atoms with E-state index in [4.69, 9.17) is 16.7 Å². The number of halogens is 3. The molecule has 0 aromatic heterocycles. The van der Waals surface area contributed by atoms with Gasteiger partial charge in [-0.1, -0.05) is 11.6 Å². The molecule has 21 heavy (non-hydrogen) atoms. The molecule has 0 aliphatic rings. The number of hydrogen-bond acceptors (Lipinski definition) is 2. The van der Waals surface area contributed by atoms with Crippen LogP contribution in [0, 0.1) is 11.6 Å². The largest absolute Gasteiger partial charge is 0.481 e. The minimum Gasteiger partial charge on any atom is -0.481 e. The van der Waals surface area contributed by atoms with Crippen molar-refractivity contribution in [3.63, 3.8) is 0 Å². The lowest BCUT2D eigenvalue weighted by Crippen LogP contribution is -2.38. The molecule has 1 rings (SSSR count). The number of amides is 1. The molecule has 1 amide bonds. The summed E-state index contributed by atoms with van der Waals surface area (Å²) in [4.78, 5) is 24.1. The molecule has 0 heterocycles. The van der Waals surface area contributed by atoms with Crippen LogP contribution in [0.1, 0.15) is 37.0 Å². The van der Waals surface area contributed by atoms with Crippen LogP contribution in [-0.2, 0) is 4.79 Å². The fraction of sp³-hybridized carbons (Fsp3) is 0.429. The third-order valence-corrected chi connectivity index (χ3v) is 3.20. The summed E-state index contributed by atoms with van der Waals surface area (Å²) in [6.45, 7) is 3.57. The Labute approximate surface area is 126 Å². The first kappa shape index (κ1) is 17.4. The van der Waals surface area contributed by atoms with Gasteiger partial charge in [-0.2, -0.15) is 0 Å². The molecule has 0 aliphatic heterocycles. The Bertz CT molecular complexity index is 549. The molecule has 7 heteroatoms. The van der Waals surface area contributed by atoms with Crippen LogP contribution in [0.2, 0.25) is 5.02 Å². The van der Waals surface area contributed by atoms with Crippen molar-refractivity contribution in [3.05, 3.63) is 34.4 Å². The molecular formula is C14H16ClF2NO3. The number of hydrogen-bond donors (Lipinski definition) is 1. The predicted molar refractivity (Wildman–Crippen MR) is 74.4 cm³/mol. The maximum Gasteiger partial charge on any atom is 0.303 e. The highest BCUT2D eigenvalue weighted by molar-refractivity contribution is 6.30. The number of aliphatic carboxylic acids is 1. The highest BCUT2D eigenvalue weighted by Gasteiger charge is 2.23. The number of carboxylic acid groups (broad SMARTS) is 1. The van der Waals surface area contributed by atoms with E-state index in [1.807, 2.05) is 0 Å². The van der Waals surface area contributed by atoms with Crippen LogP contribution in [0.4, 0.5) is 8.78 Å². The molecule has 0 unspecified atom stereocenters. The van der Waals surface area contributed by atoms with Gasteiger partial charge in [-0.15, -0.1) is 0 Å². The number of carboxylic acids is 1. The van der Waals surface area contributed by atoms with Gasteiger partial charge in [0, 0.05) is 19.0 Å². The molecule has 116 valence electrons. The second-order valence-electron chi connectivity index (χ2n) is 4.84. The Balaban J connectivity index is 2.96. The Kier molecular flexibility index (Phi) is 6.08. The minimum atomic E-state index is -0.977. The maximum atomic E-state index is 13.8. The van der Waals surface area contributed by atoms with Gasteiger partial charge in [-0.25, -0.2) is 8.78 Å². The first-order valence-electron chi connectivity index (χ1n) is 6.41. The van der Waals surface area contributed by atoms with E-state index in [0.717, 1.165) is 12.1 Å². The smallest absolute Gasteiger partial charge is 0.303 e. The molecule has 0 saturated heterocycles. The van der Waals surface area contributed by atoms with Gasteiger partial charge < -0.3 is 10.0 Å². The highest BCUT2D eigenvalue weighted by Crippen LogP contribution is 2.21. The molecule has 0 saturated carbocycles.